The first-order chi connectivity index (χ1) is 6.47. The maximum absolute atomic E-state index is 10.7. The van der Waals surface area contributed by atoms with Crippen LogP contribution in [0.25, 0.3) is 0 Å². The van der Waals surface area contributed by atoms with Gasteiger partial charge in [0.25, 0.3) is 5.91 Å². The van der Waals surface area contributed by atoms with E-state index in [0.717, 1.165) is 12.0 Å². The minimum atomic E-state index is -0.592. The van der Waals surface area contributed by atoms with Crippen LogP contribution in [0.3, 0.4) is 0 Å². The summed E-state index contributed by atoms with van der Waals surface area (Å²) in [6.07, 6.45) is 4.32. The maximum Gasteiger partial charge on any atom is 0.286 e. The largest absolute Gasteiger partial charge is 0.363 e. The van der Waals surface area contributed by atoms with Crippen LogP contribution in [-0.4, -0.2) is 15.9 Å². The predicted octanol–water partition coefficient (Wildman–Crippen LogP) is 1.26. The monoisotopic (exact) mass is 193 g/mol. The van der Waals surface area contributed by atoms with Gasteiger partial charge in [0.2, 0.25) is 5.82 Å². The van der Waals surface area contributed by atoms with Crippen molar-refractivity contribution >= 4 is 5.91 Å². The van der Waals surface area contributed by atoms with Gasteiger partial charge in [-0.15, -0.1) is 0 Å². The second-order valence-corrected chi connectivity index (χ2v) is 3.90. The normalized spacial score (nSPS) is 11.4. The lowest BCUT2D eigenvalue weighted by Gasteiger charge is -2.21. The first-order valence-electron chi connectivity index (χ1n) is 4.59. The molecule has 0 fully saturated rings. The van der Waals surface area contributed by atoms with E-state index in [-0.39, 0.29) is 11.2 Å². The highest BCUT2D eigenvalue weighted by atomic mass is 16.1. The van der Waals surface area contributed by atoms with E-state index >= 15 is 0 Å². The van der Waals surface area contributed by atoms with Crippen molar-refractivity contribution in [2.45, 2.75) is 32.6 Å². The molecule has 0 spiro atoms. The fourth-order valence-corrected chi connectivity index (χ4v) is 1.01. The fourth-order valence-electron chi connectivity index (χ4n) is 1.01. The Morgan fingerprint density at radius 3 is 2.29 bits per heavy atom. The number of rotatable bonds is 3. The molecule has 2 N–H and O–H groups in total. The molecule has 0 unspecified atom stereocenters. The van der Waals surface area contributed by atoms with E-state index in [1.807, 2.05) is 0 Å². The molecule has 76 valence electrons. The number of hydrogen-bond donors (Lipinski definition) is 1. The molecule has 0 radical (unpaired) electrons. The molecule has 1 heterocycles. The van der Waals surface area contributed by atoms with Gasteiger partial charge in [0.05, 0.1) is 0 Å². The van der Waals surface area contributed by atoms with E-state index in [0.29, 0.717) is 0 Å². The highest BCUT2D eigenvalue weighted by Crippen LogP contribution is 2.24. The van der Waals surface area contributed by atoms with Crippen molar-refractivity contribution in [2.24, 2.45) is 5.73 Å². The van der Waals surface area contributed by atoms with Gasteiger partial charge in [0.15, 0.2) is 0 Å². The fraction of sp³-hybridized carbons (Fsp3) is 0.500. The average Bonchev–Trinajstić information content (AvgIpc) is 2.18. The Labute approximate surface area is 83.6 Å². The van der Waals surface area contributed by atoms with Gasteiger partial charge in [-0.3, -0.25) is 4.79 Å². The summed E-state index contributed by atoms with van der Waals surface area (Å²) in [6, 6.07) is 0. The van der Waals surface area contributed by atoms with Gasteiger partial charge in [0, 0.05) is 12.4 Å². The first kappa shape index (κ1) is 10.6. The van der Waals surface area contributed by atoms with Crippen LogP contribution in [0.5, 0.6) is 0 Å². The lowest BCUT2D eigenvalue weighted by atomic mass is 9.84. The minimum Gasteiger partial charge on any atom is -0.363 e. The molecule has 0 saturated heterocycles. The molecule has 0 aliphatic rings. The molecule has 1 aromatic heterocycles. The van der Waals surface area contributed by atoms with Crippen LogP contribution in [0.1, 0.15) is 43.4 Å². The zero-order valence-corrected chi connectivity index (χ0v) is 8.74. The Hall–Kier alpha value is -1.45. The van der Waals surface area contributed by atoms with E-state index in [1.165, 1.54) is 0 Å². The van der Waals surface area contributed by atoms with Gasteiger partial charge in [-0.2, -0.15) is 0 Å². The van der Waals surface area contributed by atoms with Crippen molar-refractivity contribution in [3.63, 3.8) is 0 Å². The quantitative estimate of drug-likeness (QED) is 0.785. The topological polar surface area (TPSA) is 68.9 Å². The van der Waals surface area contributed by atoms with Gasteiger partial charge < -0.3 is 5.73 Å². The van der Waals surface area contributed by atoms with Crippen LogP contribution in [0.4, 0.5) is 0 Å². The van der Waals surface area contributed by atoms with Gasteiger partial charge in [-0.1, -0.05) is 20.8 Å². The van der Waals surface area contributed by atoms with E-state index in [4.69, 9.17) is 5.73 Å². The smallest absolute Gasteiger partial charge is 0.286 e. The molecule has 0 atom stereocenters. The summed E-state index contributed by atoms with van der Waals surface area (Å²) >= 11 is 0. The zero-order chi connectivity index (χ0) is 10.8. The molecule has 14 heavy (non-hydrogen) atoms. The third kappa shape index (κ3) is 2.07. The zero-order valence-electron chi connectivity index (χ0n) is 8.74. The standard InChI is InChI=1S/C10H15N3O/c1-4-10(2,3)7-5-12-9(8(11)14)13-6-7/h5-6H,4H2,1-3H3,(H2,11,14). The molecule has 4 nitrogen and oxygen atoms in total. The molecule has 0 aliphatic heterocycles. The van der Waals surface area contributed by atoms with Crippen molar-refractivity contribution in [1.29, 1.82) is 0 Å². The summed E-state index contributed by atoms with van der Waals surface area (Å²) in [5.41, 5.74) is 6.10. The highest BCUT2D eigenvalue weighted by molar-refractivity contribution is 5.88. The van der Waals surface area contributed by atoms with E-state index < -0.39 is 5.91 Å². The number of nitrogens with two attached hydrogens (primary N) is 1. The Morgan fingerprint density at radius 1 is 1.43 bits per heavy atom. The molecule has 0 bridgehead atoms. The molecule has 1 rings (SSSR count). The van der Waals surface area contributed by atoms with Crippen molar-refractivity contribution in [3.05, 3.63) is 23.8 Å². The van der Waals surface area contributed by atoms with Crippen LogP contribution in [-0.2, 0) is 5.41 Å². The molecule has 0 aliphatic carbocycles. The third-order valence-electron chi connectivity index (χ3n) is 2.54. The number of hydrogen-bond acceptors (Lipinski definition) is 3. The van der Waals surface area contributed by atoms with Gasteiger partial charge in [-0.05, 0) is 17.4 Å². The maximum atomic E-state index is 10.7. The summed E-state index contributed by atoms with van der Waals surface area (Å²) in [5, 5.41) is 0. The number of carbonyl (C=O) groups excluding carboxylic acids is 1. The number of aromatic nitrogens is 2. The predicted molar refractivity (Wildman–Crippen MR) is 53.9 cm³/mol. The van der Waals surface area contributed by atoms with Crippen molar-refractivity contribution in [2.75, 3.05) is 0 Å². The lowest BCUT2D eigenvalue weighted by Crippen LogP contribution is -2.19. The molecule has 4 heteroatoms. The van der Waals surface area contributed by atoms with Gasteiger partial charge in [-0.25, -0.2) is 9.97 Å². The number of nitrogens with zero attached hydrogens (tertiary/aromatic N) is 2. The number of amides is 1. The number of carbonyl (C=O) groups is 1. The lowest BCUT2D eigenvalue weighted by molar-refractivity contribution is 0.0990. The molecule has 0 saturated carbocycles. The summed E-state index contributed by atoms with van der Waals surface area (Å²) in [4.78, 5) is 18.5. The van der Waals surface area contributed by atoms with Crippen molar-refractivity contribution < 1.29 is 4.79 Å². The van der Waals surface area contributed by atoms with E-state index in [9.17, 15) is 4.79 Å². The van der Waals surface area contributed by atoms with Crippen LogP contribution in [0, 0.1) is 0 Å². The Balaban J connectivity index is 2.99. The Morgan fingerprint density at radius 2 is 1.93 bits per heavy atom. The SMILES string of the molecule is CCC(C)(C)c1cnc(C(N)=O)nc1. The van der Waals surface area contributed by atoms with Crippen LogP contribution in [0.15, 0.2) is 12.4 Å². The summed E-state index contributed by atoms with van der Waals surface area (Å²) < 4.78 is 0. The summed E-state index contributed by atoms with van der Waals surface area (Å²) in [5.74, 6) is -0.522. The number of primary amides is 1. The van der Waals surface area contributed by atoms with Crippen LogP contribution >= 0.6 is 0 Å². The minimum absolute atomic E-state index is 0.0379. The van der Waals surface area contributed by atoms with Crippen LogP contribution in [0.2, 0.25) is 0 Å². The first-order valence-corrected chi connectivity index (χ1v) is 4.59. The Bertz CT molecular complexity index is 330. The van der Waals surface area contributed by atoms with E-state index in [2.05, 4.69) is 30.7 Å². The molecular formula is C10H15N3O. The average molecular weight is 193 g/mol. The highest BCUT2D eigenvalue weighted by Gasteiger charge is 2.19. The molecule has 0 aromatic carbocycles. The second kappa shape index (κ2) is 3.74. The summed E-state index contributed by atoms with van der Waals surface area (Å²) in [7, 11) is 0. The Kier molecular flexibility index (Phi) is 2.84. The molecular weight excluding hydrogens is 178 g/mol. The van der Waals surface area contributed by atoms with Crippen LogP contribution < -0.4 is 5.73 Å². The molecule has 1 amide bonds. The van der Waals surface area contributed by atoms with Gasteiger partial charge >= 0.3 is 0 Å². The summed E-state index contributed by atoms with van der Waals surface area (Å²) in [6.45, 7) is 6.31. The second-order valence-electron chi connectivity index (χ2n) is 3.90. The third-order valence-corrected chi connectivity index (χ3v) is 2.54. The van der Waals surface area contributed by atoms with Crippen molar-refractivity contribution in [1.82, 2.24) is 9.97 Å². The molecule has 1 aromatic rings. The van der Waals surface area contributed by atoms with E-state index in [1.54, 1.807) is 12.4 Å². The van der Waals surface area contributed by atoms with Crippen molar-refractivity contribution in [3.8, 4) is 0 Å². The van der Waals surface area contributed by atoms with Gasteiger partial charge in [0.1, 0.15) is 0 Å².